The Morgan fingerprint density at radius 2 is 1.88 bits per heavy atom. The molecule has 1 aliphatic carbocycles. The predicted octanol–water partition coefficient (Wildman–Crippen LogP) is 3.81. The number of benzene rings is 1. The number of aromatic nitrogens is 1. The van der Waals surface area contributed by atoms with Crippen molar-refractivity contribution in [1.82, 2.24) is 15.2 Å². The maximum atomic E-state index is 12.7. The number of hydrogen-bond acceptors (Lipinski definition) is 2. The second-order valence-corrected chi connectivity index (χ2v) is 6.65. The largest absolute Gasteiger partial charge is 0.335 e. The molecule has 1 saturated carbocycles. The van der Waals surface area contributed by atoms with E-state index < -0.39 is 0 Å². The molecule has 3 rings (SSSR count). The van der Waals surface area contributed by atoms with Crippen LogP contribution in [0.3, 0.4) is 0 Å². The Morgan fingerprint density at radius 3 is 2.50 bits per heavy atom. The fourth-order valence-electron chi connectivity index (χ4n) is 3.00. The molecule has 4 heteroatoms. The smallest absolute Gasteiger partial charge is 0.317 e. The highest BCUT2D eigenvalue weighted by Gasteiger charge is 2.33. The van der Waals surface area contributed by atoms with Crippen molar-refractivity contribution in [3.63, 3.8) is 0 Å². The molecule has 2 aromatic rings. The second kappa shape index (κ2) is 7.47. The number of nitrogens with zero attached hydrogens (tertiary/aromatic N) is 2. The molecule has 0 unspecified atom stereocenters. The van der Waals surface area contributed by atoms with E-state index in [1.54, 1.807) is 17.3 Å². The van der Waals surface area contributed by atoms with E-state index in [-0.39, 0.29) is 18.1 Å². The quantitative estimate of drug-likeness (QED) is 0.878. The van der Waals surface area contributed by atoms with Crippen LogP contribution in [0.25, 0.3) is 0 Å². The zero-order valence-corrected chi connectivity index (χ0v) is 14.4. The first-order chi connectivity index (χ1) is 11.6. The molecule has 0 radical (unpaired) electrons. The van der Waals surface area contributed by atoms with E-state index in [1.165, 1.54) is 18.4 Å². The number of carbonyl (C=O) groups is 1. The lowest BCUT2D eigenvalue weighted by Gasteiger charge is -2.28. The van der Waals surface area contributed by atoms with Gasteiger partial charge in [0, 0.05) is 25.5 Å². The van der Waals surface area contributed by atoms with E-state index in [2.05, 4.69) is 34.6 Å². The Bertz CT molecular complexity index is 655. The summed E-state index contributed by atoms with van der Waals surface area (Å²) >= 11 is 0. The molecule has 1 aromatic heterocycles. The molecule has 126 valence electrons. The van der Waals surface area contributed by atoms with Gasteiger partial charge in [0.15, 0.2) is 0 Å². The number of hydrogen-bond donors (Lipinski definition) is 1. The third kappa shape index (κ3) is 4.13. The topological polar surface area (TPSA) is 45.2 Å². The highest BCUT2D eigenvalue weighted by molar-refractivity contribution is 5.75. The number of amides is 2. The summed E-state index contributed by atoms with van der Waals surface area (Å²) in [6.07, 6.45) is 6.84. The third-order valence-corrected chi connectivity index (χ3v) is 4.89. The number of pyridine rings is 1. The van der Waals surface area contributed by atoms with E-state index in [1.807, 2.05) is 32.2 Å². The third-order valence-electron chi connectivity index (χ3n) is 4.89. The zero-order chi connectivity index (χ0) is 16.9. The van der Waals surface area contributed by atoms with Crippen molar-refractivity contribution in [3.05, 3.63) is 66.0 Å². The fraction of sp³-hybridized carbons (Fsp3) is 0.400. The molecule has 0 bridgehead atoms. The Balaban J connectivity index is 1.63. The summed E-state index contributed by atoms with van der Waals surface area (Å²) in [4.78, 5) is 18.5. The maximum absolute atomic E-state index is 12.7. The van der Waals surface area contributed by atoms with Crippen molar-refractivity contribution in [3.8, 4) is 0 Å². The molecule has 0 saturated heterocycles. The highest BCUT2D eigenvalue weighted by Crippen LogP contribution is 2.34. The molecule has 1 aromatic carbocycles. The minimum Gasteiger partial charge on any atom is -0.335 e. The first kappa shape index (κ1) is 16.5. The minimum absolute atomic E-state index is 0.00727. The summed E-state index contributed by atoms with van der Waals surface area (Å²) in [5.41, 5.74) is 2.37. The van der Waals surface area contributed by atoms with E-state index >= 15 is 0 Å². The average Bonchev–Trinajstić information content (AvgIpc) is 3.46. The maximum Gasteiger partial charge on any atom is 0.317 e. The highest BCUT2D eigenvalue weighted by atomic mass is 16.2. The van der Waals surface area contributed by atoms with Crippen LogP contribution in [0.4, 0.5) is 4.79 Å². The first-order valence-electron chi connectivity index (χ1n) is 8.62. The summed E-state index contributed by atoms with van der Waals surface area (Å²) in [6, 6.07) is 14.5. The lowest BCUT2D eigenvalue weighted by Crippen LogP contribution is -2.45. The number of nitrogens with one attached hydrogen (secondary N) is 1. The second-order valence-electron chi connectivity index (χ2n) is 6.65. The lowest BCUT2D eigenvalue weighted by molar-refractivity contribution is 0.188. The molecule has 0 aliphatic heterocycles. The molecule has 1 N–H and O–H groups in total. The van der Waals surface area contributed by atoms with Crippen LogP contribution in [-0.2, 0) is 6.42 Å². The molecule has 24 heavy (non-hydrogen) atoms. The van der Waals surface area contributed by atoms with Crippen LogP contribution < -0.4 is 5.32 Å². The van der Waals surface area contributed by atoms with Crippen molar-refractivity contribution in [2.75, 3.05) is 7.05 Å². The van der Waals surface area contributed by atoms with Gasteiger partial charge in [0.25, 0.3) is 0 Å². The molecule has 2 atom stereocenters. The van der Waals surface area contributed by atoms with Crippen molar-refractivity contribution in [1.29, 1.82) is 0 Å². The monoisotopic (exact) mass is 323 g/mol. The minimum atomic E-state index is -0.00727. The summed E-state index contributed by atoms with van der Waals surface area (Å²) in [7, 11) is 1.85. The van der Waals surface area contributed by atoms with E-state index in [4.69, 9.17) is 0 Å². The average molecular weight is 323 g/mol. The van der Waals surface area contributed by atoms with Crippen LogP contribution in [0.1, 0.15) is 36.9 Å². The molecule has 1 heterocycles. The van der Waals surface area contributed by atoms with Crippen LogP contribution in [0.5, 0.6) is 0 Å². The standard InChI is InChI=1S/C20H25N3O/c1-15(17-10-12-21-13-11-17)23(2)20(24)22-19(18-8-9-18)14-16-6-4-3-5-7-16/h3-7,10-13,15,18-19H,8-9,14H2,1-2H3,(H,22,24)/t15-,19-/m0/s1. The molecule has 2 amide bonds. The van der Waals surface area contributed by atoms with E-state index in [0.29, 0.717) is 5.92 Å². The van der Waals surface area contributed by atoms with Gasteiger partial charge in [0.05, 0.1) is 6.04 Å². The van der Waals surface area contributed by atoms with Gasteiger partial charge in [-0.25, -0.2) is 4.79 Å². The normalized spacial score (nSPS) is 16.2. The van der Waals surface area contributed by atoms with E-state index in [0.717, 1.165) is 12.0 Å². The van der Waals surface area contributed by atoms with Crippen molar-refractivity contribution < 1.29 is 4.79 Å². The summed E-state index contributed by atoms with van der Waals surface area (Å²) < 4.78 is 0. The van der Waals surface area contributed by atoms with Crippen molar-refractivity contribution in [2.24, 2.45) is 5.92 Å². The Labute approximate surface area is 143 Å². The molecule has 1 fully saturated rings. The van der Waals surface area contributed by atoms with Crippen LogP contribution >= 0.6 is 0 Å². The van der Waals surface area contributed by atoms with Crippen molar-refractivity contribution >= 4 is 6.03 Å². The van der Waals surface area contributed by atoms with Crippen molar-refractivity contribution in [2.45, 2.75) is 38.3 Å². The first-order valence-corrected chi connectivity index (χ1v) is 8.62. The predicted molar refractivity (Wildman–Crippen MR) is 95.6 cm³/mol. The number of carbonyl (C=O) groups excluding carboxylic acids is 1. The summed E-state index contributed by atoms with van der Waals surface area (Å²) in [5.74, 6) is 0.610. The Hall–Kier alpha value is -2.36. The van der Waals surface area contributed by atoms with Gasteiger partial charge in [-0.1, -0.05) is 30.3 Å². The molecule has 4 nitrogen and oxygen atoms in total. The van der Waals surface area contributed by atoms with Crippen LogP contribution in [0, 0.1) is 5.92 Å². The summed E-state index contributed by atoms with van der Waals surface area (Å²) in [6.45, 7) is 2.04. The van der Waals surface area contributed by atoms with Crippen LogP contribution in [0.15, 0.2) is 54.9 Å². The SMILES string of the molecule is C[C@@H](c1ccncc1)N(C)C(=O)N[C@@H](Cc1ccccc1)C1CC1. The lowest BCUT2D eigenvalue weighted by atomic mass is 10.0. The molecular weight excluding hydrogens is 298 g/mol. The van der Waals surface area contributed by atoms with Crippen LogP contribution in [0.2, 0.25) is 0 Å². The van der Waals surface area contributed by atoms with Crippen LogP contribution in [-0.4, -0.2) is 29.0 Å². The molecule has 0 spiro atoms. The van der Waals surface area contributed by atoms with Gasteiger partial charge in [-0.05, 0) is 55.4 Å². The molecular formula is C20H25N3O. The number of urea groups is 1. The Morgan fingerprint density at radius 1 is 1.21 bits per heavy atom. The Kier molecular flexibility index (Phi) is 5.14. The van der Waals surface area contributed by atoms with E-state index in [9.17, 15) is 4.79 Å². The fourth-order valence-corrected chi connectivity index (χ4v) is 3.00. The van der Waals surface area contributed by atoms with Gasteiger partial charge in [0.2, 0.25) is 0 Å². The summed E-state index contributed by atoms with van der Waals surface area (Å²) in [5, 5.41) is 3.25. The van der Waals surface area contributed by atoms with Gasteiger partial charge in [0.1, 0.15) is 0 Å². The van der Waals surface area contributed by atoms with Gasteiger partial charge < -0.3 is 10.2 Å². The number of rotatable bonds is 6. The molecule has 1 aliphatic rings. The van der Waals surface area contributed by atoms with Gasteiger partial charge in [-0.2, -0.15) is 0 Å². The van der Waals surface area contributed by atoms with Gasteiger partial charge in [-0.15, -0.1) is 0 Å². The zero-order valence-electron chi connectivity index (χ0n) is 14.4. The van der Waals surface area contributed by atoms with Gasteiger partial charge >= 0.3 is 6.03 Å². The van der Waals surface area contributed by atoms with Gasteiger partial charge in [-0.3, -0.25) is 4.98 Å².